The first-order valence-corrected chi connectivity index (χ1v) is 43.6. The molecular weight excluding hydrogens is 1670 g/mol. The molecule has 51 heteroatoms. The van der Waals surface area contributed by atoms with Crippen LogP contribution in [0.4, 0.5) is 41.1 Å². The Kier molecular flexibility index (Phi) is 25.2. The molecule has 19 atom stereocenters. The van der Waals surface area contributed by atoms with Gasteiger partial charge in [0, 0.05) is 35.5 Å². The van der Waals surface area contributed by atoms with Crippen molar-refractivity contribution in [1.82, 2.24) is 78.1 Å². The van der Waals surface area contributed by atoms with Crippen molar-refractivity contribution in [2.24, 2.45) is 11.8 Å². The number of hydrogen-bond donors (Lipinski definition) is 10. The van der Waals surface area contributed by atoms with Gasteiger partial charge in [-0.05, 0) is 66.1 Å². The predicted molar refractivity (Wildman–Crippen MR) is 410 cm³/mol. The van der Waals surface area contributed by atoms with E-state index in [0.29, 0.717) is 11.1 Å². The fourth-order valence-electron chi connectivity index (χ4n) is 12.8. The van der Waals surface area contributed by atoms with Gasteiger partial charge in [0.05, 0.1) is 57.8 Å². The Hall–Kier alpha value is -9.28. The summed E-state index contributed by atoms with van der Waals surface area (Å²) in [6.07, 6.45) is -19.9. The molecule has 15 rings (SSSR count). The number of aromatic nitrogens is 16. The summed E-state index contributed by atoms with van der Waals surface area (Å²) in [6.45, 7) is -8.84. The maximum absolute atomic E-state index is 16.9. The summed E-state index contributed by atoms with van der Waals surface area (Å²) < 4.78 is 128. The average molecular weight is 1740 g/mol. The molecule has 8 aromatic heterocycles. The average Bonchev–Trinajstić information content (AvgIpc) is 1.61. The van der Waals surface area contributed by atoms with Crippen molar-refractivity contribution in [3.8, 4) is 6.07 Å². The number of unbranched alkanes of at least 4 members (excludes halogenated alkanes) is 1. The number of carbonyl (C=O) groups is 4. The molecule has 41 nitrogen and oxygen atoms in total. The quantitative estimate of drug-likeness (QED) is 0.0252. The fourth-order valence-corrected chi connectivity index (χ4v) is 18.3. The monoisotopic (exact) mass is 1740 g/mol. The fraction of sp³-hybridized carbons (Fsp3) is 0.439. The Labute approximate surface area is 671 Å². The Morgan fingerprint density at radius 1 is 0.624 bits per heavy atom. The van der Waals surface area contributed by atoms with E-state index in [4.69, 9.17) is 81.5 Å². The number of nitriles is 1. The lowest BCUT2D eigenvalue weighted by Gasteiger charge is -2.30. The lowest BCUT2D eigenvalue weighted by atomic mass is 10.1. The zero-order valence-electron chi connectivity index (χ0n) is 61.2. The van der Waals surface area contributed by atoms with E-state index in [1.807, 2.05) is 6.07 Å². The molecule has 4 amide bonds. The molecule has 5 fully saturated rings. The summed E-state index contributed by atoms with van der Waals surface area (Å²) in [7, 11) is 0. The number of rotatable bonds is 21. The van der Waals surface area contributed by atoms with E-state index in [-0.39, 0.29) is 87.2 Å². The third kappa shape index (κ3) is 17.9. The Morgan fingerprint density at radius 3 is 1.63 bits per heavy atom. The molecule has 620 valence electrons. The minimum absolute atomic E-state index is 0.0398. The van der Waals surface area contributed by atoms with Crippen LogP contribution in [0.15, 0.2) is 108 Å². The molecule has 13 heterocycles. The van der Waals surface area contributed by atoms with Crippen LogP contribution in [-0.4, -0.2) is 228 Å². The SMILES string of the molecule is CC(C)C(=O)Nc1nc2c(ncn2[C@@H]2O[C@@H]3COP(=S)(CCCC#N)O[C@H]4[C@H](F)[C@H](n5cnc6c(NC(=O)c7ccccc7)ncnc65)O[C@@H]4COP(O)(=S)O[C@H]2[C@@H]3F)c(=O)[nH]1.CC(C)C(=O)Nc1nc2c(ncn2[C@@H]2O[C@H](CO)[C@@H](F)[C@@H]2OP(O)(=S)OC[C@H]2O[C@@H](n3cnc4c(NC(=O)c5ccccc5)ncnc43)[C@@H](F)[C@@H]2O)c(=O)[nH]1. The number of H-pyrrole nitrogens is 2. The molecule has 10 N–H and O–H groups in total. The topological polar surface area (TPSA) is 528 Å². The van der Waals surface area contributed by atoms with Gasteiger partial charge in [-0.2, -0.15) is 15.2 Å². The second kappa shape index (κ2) is 35.0. The summed E-state index contributed by atoms with van der Waals surface area (Å²) in [5, 5.41) is 40.2. The molecule has 2 aromatic carbocycles. The molecule has 5 aliphatic heterocycles. The van der Waals surface area contributed by atoms with E-state index in [0.717, 1.165) is 29.9 Å². The largest absolute Gasteiger partial charge is 0.394 e. The summed E-state index contributed by atoms with van der Waals surface area (Å²) in [6, 6.07) is 18.7. The van der Waals surface area contributed by atoms with Crippen molar-refractivity contribution in [2.75, 3.05) is 53.9 Å². The lowest BCUT2D eigenvalue weighted by molar-refractivity contribution is -0.119. The minimum atomic E-state index is -4.47. The number of amides is 4. The van der Waals surface area contributed by atoms with Crippen molar-refractivity contribution in [3.05, 3.63) is 130 Å². The molecule has 0 saturated carbocycles. The van der Waals surface area contributed by atoms with Crippen molar-refractivity contribution < 1.29 is 103 Å². The number of imidazole rings is 4. The van der Waals surface area contributed by atoms with Gasteiger partial charge in [0.2, 0.25) is 23.7 Å². The van der Waals surface area contributed by atoms with Gasteiger partial charge in [-0.25, -0.2) is 57.4 Å². The number of aromatic amines is 2. The normalized spacial score (nSPS) is 28.5. The van der Waals surface area contributed by atoms with Gasteiger partial charge in [-0.1, -0.05) is 64.1 Å². The van der Waals surface area contributed by atoms with Crippen molar-refractivity contribution in [3.63, 3.8) is 0 Å². The van der Waals surface area contributed by atoms with Crippen molar-refractivity contribution in [1.29, 1.82) is 5.26 Å². The van der Waals surface area contributed by atoms with Crippen LogP contribution >= 0.6 is 19.9 Å². The molecule has 2 bridgehead atoms. The zero-order valence-corrected chi connectivity index (χ0v) is 66.3. The van der Waals surface area contributed by atoms with Crippen LogP contribution in [0.3, 0.4) is 0 Å². The van der Waals surface area contributed by atoms with Crippen LogP contribution in [-0.2, 0) is 91.1 Å². The van der Waals surface area contributed by atoms with E-state index < -0.39 is 191 Å². The second-order valence-corrected chi connectivity index (χ2v) is 36.7. The molecule has 3 unspecified atom stereocenters. The summed E-state index contributed by atoms with van der Waals surface area (Å²) in [5.74, 6) is -3.14. The number of nitrogens with zero attached hydrogens (tertiary/aromatic N) is 15. The van der Waals surface area contributed by atoms with Crippen LogP contribution in [0.5, 0.6) is 0 Å². The first kappa shape index (κ1) is 84.2. The van der Waals surface area contributed by atoms with E-state index in [1.54, 1.807) is 88.4 Å². The minimum Gasteiger partial charge on any atom is -0.394 e. The number of benzene rings is 2. The number of halogens is 4. The number of aliphatic hydroxyl groups excluding tert-OH is 2. The summed E-state index contributed by atoms with van der Waals surface area (Å²) in [4.78, 5) is 145. The van der Waals surface area contributed by atoms with E-state index in [9.17, 15) is 54.0 Å². The number of hydrogen-bond acceptors (Lipinski definition) is 32. The Bertz CT molecular complexity index is 5720. The number of anilines is 4. The van der Waals surface area contributed by atoms with Gasteiger partial charge < -0.3 is 67.7 Å². The van der Waals surface area contributed by atoms with Gasteiger partial charge >= 0.3 is 13.4 Å². The smallest absolute Gasteiger partial charge is 0.325 e. The van der Waals surface area contributed by atoms with Crippen LogP contribution in [0, 0.1) is 23.2 Å². The van der Waals surface area contributed by atoms with E-state index in [2.05, 4.69) is 81.1 Å². The number of ether oxygens (including phenoxy) is 4. The highest BCUT2D eigenvalue weighted by Gasteiger charge is 2.55. The van der Waals surface area contributed by atoms with E-state index in [1.165, 1.54) is 26.4 Å². The third-order valence-corrected chi connectivity index (χ3v) is 25.0. The maximum Gasteiger partial charge on any atom is 0.325 e. The summed E-state index contributed by atoms with van der Waals surface area (Å²) >= 11 is 16.4. The molecule has 0 spiro atoms. The molecule has 0 radical (unpaired) electrons. The number of fused-ring (bicyclic) bond motifs is 7. The van der Waals surface area contributed by atoms with Crippen LogP contribution in [0.25, 0.3) is 44.7 Å². The first-order chi connectivity index (χ1) is 55.9. The highest BCUT2D eigenvalue weighted by molar-refractivity contribution is 8.10. The zero-order chi connectivity index (χ0) is 83.1. The molecule has 5 aliphatic rings. The standard InChI is InChI=1S/C35H37F2N11O10P2S2.C31H33F2N10O10PS/c1-17(2)30(49)45-35-44-29-24(32(51)46-35)42-16-48(29)34-26-21(36)19(55-34)12-53-59(61,11-7-6-10-38)57-25-20(13-54-60(52,62)58-26)56-33(22(25)37)47-15-41-23-27(39-14-40-28(23)47)43-31(50)18-8-4-3-5-9-18;1-13(2)26(46)40-31-39-25-20(28(48)41-31)37-12-43(25)30-22(17(32)15(8-44)51-30)53-54(49,55)50-9-16-21(45)18(33)29(52-16)42-11-36-19-23(34-10-35-24(19)42)38-27(47)14-6-4-3-5-7-14/h3-5,8-9,14-17,19-22,25-26,33-34H,6-7,11-13H2,1-2H3,(H,52,62)(H,39,40,43,50)(H2,44,45,46,49,51);3-7,10-13,15-18,21-22,29-30,44-45H,8-9H2,1-2H3,(H,49,55)(H,34,35,38,47)(H2,39,40,41,46,48)/t19-,20-,21-,22+,25-,26+,33-,34-,59?,60?;15-,16-,17-,18+,21-,22+,29-,30-,54?/m11/s1. The predicted octanol–water partition coefficient (Wildman–Crippen LogP) is 5.17. The number of nitrogens with one attached hydrogen (secondary N) is 6. The van der Waals surface area contributed by atoms with Crippen LogP contribution in [0.1, 0.15) is 86.2 Å². The van der Waals surface area contributed by atoms with Gasteiger partial charge in [0.1, 0.15) is 61.5 Å². The van der Waals surface area contributed by atoms with E-state index >= 15 is 17.6 Å². The molecule has 10 aromatic rings. The van der Waals surface area contributed by atoms with Crippen molar-refractivity contribution >= 4 is 147 Å². The molecule has 0 aliphatic carbocycles. The van der Waals surface area contributed by atoms with Gasteiger partial charge in [0.15, 0.2) is 112 Å². The Balaban J connectivity index is 0.000000194. The first-order valence-electron chi connectivity index (χ1n) is 35.6. The summed E-state index contributed by atoms with van der Waals surface area (Å²) in [5.41, 5.74) is -1.09. The molecule has 117 heavy (non-hydrogen) atoms. The molecule has 5 saturated heterocycles. The van der Waals surface area contributed by atoms with Crippen LogP contribution in [0.2, 0.25) is 0 Å². The van der Waals surface area contributed by atoms with Gasteiger partial charge in [-0.15, -0.1) is 0 Å². The lowest BCUT2D eigenvalue weighted by Crippen LogP contribution is -2.34. The van der Waals surface area contributed by atoms with Gasteiger partial charge in [0.25, 0.3) is 22.9 Å². The highest BCUT2D eigenvalue weighted by atomic mass is 32.5. The maximum atomic E-state index is 16.9. The highest BCUT2D eigenvalue weighted by Crippen LogP contribution is 2.58. The number of carbonyl (C=O) groups excluding carboxylic acids is 4. The third-order valence-electron chi connectivity index (χ3n) is 18.8. The molecular formula is C66H70F4N21O20P3S3. The second-order valence-electron chi connectivity index (χ2n) is 27.3. The van der Waals surface area contributed by atoms with Crippen molar-refractivity contribution in [2.45, 2.75) is 139 Å². The number of aliphatic hydroxyl groups is 2. The van der Waals surface area contributed by atoms with Gasteiger partial charge in [-0.3, -0.25) is 76.7 Å². The number of alkyl halides is 4. The van der Waals surface area contributed by atoms with Crippen LogP contribution < -0.4 is 32.4 Å². The Morgan fingerprint density at radius 2 is 1.11 bits per heavy atom.